The highest BCUT2D eigenvalue weighted by atomic mass is 16.4. The SMILES string of the molecule is CC(C)(C(=O)NCC1(C(=O)O)CC1)N1CCNCC1. The lowest BCUT2D eigenvalue weighted by Crippen LogP contribution is -2.60. The average molecular weight is 269 g/mol. The highest BCUT2D eigenvalue weighted by molar-refractivity contribution is 5.86. The Hall–Kier alpha value is -1.14. The average Bonchev–Trinajstić information content (AvgIpc) is 3.18. The van der Waals surface area contributed by atoms with Crippen LogP contribution in [-0.4, -0.2) is 60.1 Å². The molecule has 0 aromatic rings. The van der Waals surface area contributed by atoms with Crippen LogP contribution in [0.25, 0.3) is 0 Å². The summed E-state index contributed by atoms with van der Waals surface area (Å²) in [6.45, 7) is 7.49. The third-order valence-corrected chi connectivity index (χ3v) is 4.36. The molecule has 19 heavy (non-hydrogen) atoms. The van der Waals surface area contributed by atoms with E-state index in [4.69, 9.17) is 5.11 Å². The van der Waals surface area contributed by atoms with Gasteiger partial charge in [-0.05, 0) is 26.7 Å². The van der Waals surface area contributed by atoms with Crippen molar-refractivity contribution < 1.29 is 14.7 Å². The second kappa shape index (κ2) is 5.09. The van der Waals surface area contributed by atoms with Gasteiger partial charge in [0.05, 0.1) is 11.0 Å². The minimum atomic E-state index is -0.798. The number of carboxylic acids is 1. The summed E-state index contributed by atoms with van der Waals surface area (Å²) >= 11 is 0. The Morgan fingerprint density at radius 1 is 1.32 bits per heavy atom. The van der Waals surface area contributed by atoms with Crippen molar-refractivity contribution in [3.8, 4) is 0 Å². The fourth-order valence-corrected chi connectivity index (χ4v) is 2.45. The Morgan fingerprint density at radius 2 is 1.89 bits per heavy atom. The normalized spacial score (nSPS) is 22.8. The van der Waals surface area contributed by atoms with Crippen LogP contribution in [0, 0.1) is 5.41 Å². The van der Waals surface area contributed by atoms with Gasteiger partial charge >= 0.3 is 5.97 Å². The summed E-state index contributed by atoms with van der Waals surface area (Å²) in [4.78, 5) is 25.5. The van der Waals surface area contributed by atoms with E-state index in [2.05, 4.69) is 15.5 Å². The molecule has 1 saturated carbocycles. The van der Waals surface area contributed by atoms with E-state index in [1.807, 2.05) is 13.8 Å². The molecule has 1 heterocycles. The fraction of sp³-hybridized carbons (Fsp3) is 0.846. The molecule has 6 nitrogen and oxygen atoms in total. The Balaban J connectivity index is 1.89. The van der Waals surface area contributed by atoms with Crippen molar-refractivity contribution in [3.63, 3.8) is 0 Å². The predicted molar refractivity (Wildman–Crippen MR) is 70.8 cm³/mol. The van der Waals surface area contributed by atoms with Gasteiger partial charge < -0.3 is 15.7 Å². The van der Waals surface area contributed by atoms with Crippen LogP contribution in [0.5, 0.6) is 0 Å². The smallest absolute Gasteiger partial charge is 0.311 e. The van der Waals surface area contributed by atoms with Crippen LogP contribution in [0.1, 0.15) is 26.7 Å². The highest BCUT2D eigenvalue weighted by Crippen LogP contribution is 2.45. The number of aliphatic carboxylic acids is 1. The minimum Gasteiger partial charge on any atom is -0.481 e. The second-order valence-electron chi connectivity index (χ2n) is 6.06. The van der Waals surface area contributed by atoms with Crippen LogP contribution < -0.4 is 10.6 Å². The molecule has 2 fully saturated rings. The number of hydrogen-bond donors (Lipinski definition) is 3. The van der Waals surface area contributed by atoms with Gasteiger partial charge in [-0.1, -0.05) is 0 Å². The maximum Gasteiger partial charge on any atom is 0.311 e. The maximum atomic E-state index is 12.3. The first kappa shape index (κ1) is 14.3. The van der Waals surface area contributed by atoms with E-state index >= 15 is 0 Å². The maximum absolute atomic E-state index is 12.3. The van der Waals surface area contributed by atoms with Crippen molar-refractivity contribution in [2.75, 3.05) is 32.7 Å². The molecular formula is C13H23N3O3. The molecule has 0 aromatic heterocycles. The molecule has 2 rings (SSSR count). The minimum absolute atomic E-state index is 0.0816. The summed E-state index contributed by atoms with van der Waals surface area (Å²) in [7, 11) is 0. The molecule has 6 heteroatoms. The molecule has 0 unspecified atom stereocenters. The largest absolute Gasteiger partial charge is 0.481 e. The van der Waals surface area contributed by atoms with E-state index < -0.39 is 16.9 Å². The lowest BCUT2D eigenvalue weighted by Gasteiger charge is -2.40. The number of carbonyl (C=O) groups excluding carboxylic acids is 1. The molecule has 1 amide bonds. The number of piperazine rings is 1. The Kier molecular flexibility index (Phi) is 3.82. The molecule has 108 valence electrons. The van der Waals surface area contributed by atoms with Crippen LogP contribution in [0.3, 0.4) is 0 Å². The van der Waals surface area contributed by atoms with Crippen molar-refractivity contribution in [2.45, 2.75) is 32.2 Å². The number of carbonyl (C=O) groups is 2. The van der Waals surface area contributed by atoms with Gasteiger partial charge in [0.25, 0.3) is 0 Å². The first-order chi connectivity index (χ1) is 8.88. The zero-order chi connectivity index (χ0) is 14.1. The van der Waals surface area contributed by atoms with Crippen LogP contribution in [0.2, 0.25) is 0 Å². The first-order valence-corrected chi connectivity index (χ1v) is 6.86. The van der Waals surface area contributed by atoms with Gasteiger partial charge in [-0.25, -0.2) is 0 Å². The number of hydrogen-bond acceptors (Lipinski definition) is 4. The molecule has 1 saturated heterocycles. The number of amides is 1. The third-order valence-electron chi connectivity index (χ3n) is 4.36. The highest BCUT2D eigenvalue weighted by Gasteiger charge is 2.51. The summed E-state index contributed by atoms with van der Waals surface area (Å²) in [5.74, 6) is -0.880. The van der Waals surface area contributed by atoms with Crippen LogP contribution in [0.15, 0.2) is 0 Å². The van der Waals surface area contributed by atoms with E-state index in [0.29, 0.717) is 12.8 Å². The lowest BCUT2D eigenvalue weighted by molar-refractivity contribution is -0.143. The van der Waals surface area contributed by atoms with Gasteiger partial charge in [-0.2, -0.15) is 0 Å². The quantitative estimate of drug-likeness (QED) is 0.635. The summed E-state index contributed by atoms with van der Waals surface area (Å²) in [5.41, 5.74) is -1.29. The summed E-state index contributed by atoms with van der Waals surface area (Å²) in [6.07, 6.45) is 1.33. The molecule has 0 bridgehead atoms. The zero-order valence-electron chi connectivity index (χ0n) is 11.7. The number of carboxylic acid groups (broad SMARTS) is 1. The topological polar surface area (TPSA) is 81.7 Å². The molecular weight excluding hydrogens is 246 g/mol. The summed E-state index contributed by atoms with van der Waals surface area (Å²) < 4.78 is 0. The van der Waals surface area contributed by atoms with E-state index in [0.717, 1.165) is 26.2 Å². The molecule has 1 aliphatic carbocycles. The van der Waals surface area contributed by atoms with Gasteiger partial charge in [-0.15, -0.1) is 0 Å². The van der Waals surface area contributed by atoms with Crippen LogP contribution >= 0.6 is 0 Å². The second-order valence-corrected chi connectivity index (χ2v) is 6.06. The monoisotopic (exact) mass is 269 g/mol. The fourth-order valence-electron chi connectivity index (χ4n) is 2.45. The standard InChI is InChI=1S/C13H23N3O3/c1-12(2,16-7-5-14-6-8-16)10(17)15-9-13(3-4-13)11(18)19/h14H,3-9H2,1-2H3,(H,15,17)(H,18,19). The molecule has 0 atom stereocenters. The van der Waals surface area contributed by atoms with Gasteiger partial charge in [0.2, 0.25) is 5.91 Å². The molecule has 2 aliphatic rings. The van der Waals surface area contributed by atoms with Gasteiger partial charge in [0.1, 0.15) is 0 Å². The van der Waals surface area contributed by atoms with E-state index in [1.54, 1.807) is 0 Å². The number of nitrogens with one attached hydrogen (secondary N) is 2. The van der Waals surface area contributed by atoms with Gasteiger partial charge in [0, 0.05) is 32.7 Å². The lowest BCUT2D eigenvalue weighted by atomic mass is 9.99. The number of nitrogens with zero attached hydrogens (tertiary/aromatic N) is 1. The van der Waals surface area contributed by atoms with Crippen molar-refractivity contribution >= 4 is 11.9 Å². The molecule has 0 aromatic carbocycles. The van der Waals surface area contributed by atoms with Gasteiger partial charge in [0.15, 0.2) is 0 Å². The first-order valence-electron chi connectivity index (χ1n) is 6.86. The van der Waals surface area contributed by atoms with Crippen molar-refractivity contribution in [1.29, 1.82) is 0 Å². The van der Waals surface area contributed by atoms with Crippen molar-refractivity contribution in [3.05, 3.63) is 0 Å². The van der Waals surface area contributed by atoms with Gasteiger partial charge in [-0.3, -0.25) is 14.5 Å². The molecule has 0 spiro atoms. The Labute approximate surface area is 113 Å². The van der Waals surface area contributed by atoms with Crippen LogP contribution in [-0.2, 0) is 9.59 Å². The van der Waals surface area contributed by atoms with Crippen LogP contribution in [0.4, 0.5) is 0 Å². The molecule has 1 aliphatic heterocycles. The molecule has 3 N–H and O–H groups in total. The zero-order valence-corrected chi connectivity index (χ0v) is 11.7. The van der Waals surface area contributed by atoms with Crippen molar-refractivity contribution in [1.82, 2.24) is 15.5 Å². The van der Waals surface area contributed by atoms with E-state index in [9.17, 15) is 9.59 Å². The summed E-state index contributed by atoms with van der Waals surface area (Å²) in [6, 6.07) is 0. The Morgan fingerprint density at radius 3 is 2.37 bits per heavy atom. The predicted octanol–water partition coefficient (Wildman–Crippen LogP) is -0.349. The van der Waals surface area contributed by atoms with E-state index in [-0.39, 0.29) is 12.5 Å². The van der Waals surface area contributed by atoms with E-state index in [1.165, 1.54) is 0 Å². The molecule has 0 radical (unpaired) electrons. The Bertz CT molecular complexity index is 371. The third kappa shape index (κ3) is 2.90. The summed E-state index contributed by atoms with van der Waals surface area (Å²) in [5, 5.41) is 15.2. The number of rotatable bonds is 5. The van der Waals surface area contributed by atoms with Crippen molar-refractivity contribution in [2.24, 2.45) is 5.41 Å².